The first-order valence-electron chi connectivity index (χ1n) is 10.8. The van der Waals surface area contributed by atoms with E-state index in [1.165, 1.54) is 24.1 Å². The van der Waals surface area contributed by atoms with Gasteiger partial charge >= 0.3 is 6.09 Å². The maximum absolute atomic E-state index is 13.7. The second-order valence-electron chi connectivity index (χ2n) is 8.31. The van der Waals surface area contributed by atoms with Gasteiger partial charge in [-0.05, 0) is 35.8 Å². The number of nitrogens with zero attached hydrogens (tertiary/aromatic N) is 4. The molecule has 9 nitrogen and oxygen atoms in total. The molecule has 0 saturated carbocycles. The number of alkyl halides is 3. The number of halogens is 3. The number of benzene rings is 2. The van der Waals surface area contributed by atoms with Crippen molar-refractivity contribution in [2.75, 3.05) is 25.2 Å². The molecule has 12 heteroatoms. The van der Waals surface area contributed by atoms with Crippen LogP contribution in [0.3, 0.4) is 0 Å². The number of rotatable bonds is 3. The molecule has 3 aromatic rings. The van der Waals surface area contributed by atoms with Crippen molar-refractivity contribution in [1.82, 2.24) is 14.9 Å². The fraction of sp³-hybridized carbons (Fsp3) is 0.250. The SMILES string of the molecule is COc1cc2c(cc1O)N(C(=O)OCC(Cl)(Cl)Cl)C[C@@H]1CC(c3ccc4nccnc4c3)=CN1C2=O. The van der Waals surface area contributed by atoms with Crippen LogP contribution in [0.15, 0.2) is 48.9 Å². The third-order valence-corrected chi connectivity index (χ3v) is 6.34. The monoisotopic (exact) mass is 548 g/mol. The van der Waals surface area contributed by atoms with E-state index >= 15 is 0 Å². The fourth-order valence-electron chi connectivity index (χ4n) is 4.37. The third kappa shape index (κ3) is 4.61. The summed E-state index contributed by atoms with van der Waals surface area (Å²) in [5.41, 5.74) is 3.58. The zero-order chi connectivity index (χ0) is 25.6. The molecule has 0 spiro atoms. The highest BCUT2D eigenvalue weighted by atomic mass is 35.6. The van der Waals surface area contributed by atoms with Gasteiger partial charge in [0.25, 0.3) is 5.91 Å². The minimum Gasteiger partial charge on any atom is -0.504 e. The van der Waals surface area contributed by atoms with Gasteiger partial charge in [-0.15, -0.1) is 0 Å². The minimum atomic E-state index is -1.81. The van der Waals surface area contributed by atoms with Gasteiger partial charge in [0.1, 0.15) is 6.61 Å². The second-order valence-corrected chi connectivity index (χ2v) is 10.8. The van der Waals surface area contributed by atoms with Gasteiger partial charge in [-0.3, -0.25) is 19.7 Å². The molecule has 2 amide bonds. The molecule has 0 radical (unpaired) electrons. The van der Waals surface area contributed by atoms with Gasteiger partial charge in [0.05, 0.1) is 42.0 Å². The zero-order valence-corrected chi connectivity index (χ0v) is 21.1. The lowest BCUT2D eigenvalue weighted by atomic mass is 10.0. The van der Waals surface area contributed by atoms with Crippen LogP contribution in [0.25, 0.3) is 16.6 Å². The number of hydrogen-bond acceptors (Lipinski definition) is 7. The predicted molar refractivity (Wildman–Crippen MR) is 136 cm³/mol. The predicted octanol–water partition coefficient (Wildman–Crippen LogP) is 4.93. The van der Waals surface area contributed by atoms with Crippen LogP contribution in [0.5, 0.6) is 11.5 Å². The van der Waals surface area contributed by atoms with E-state index in [2.05, 4.69) is 9.97 Å². The van der Waals surface area contributed by atoms with Crippen LogP contribution in [0.4, 0.5) is 10.5 Å². The summed E-state index contributed by atoms with van der Waals surface area (Å²) in [6.07, 6.45) is 4.65. The summed E-state index contributed by atoms with van der Waals surface area (Å²) in [6.45, 7) is -0.412. The number of phenols is 1. The Bertz CT molecular complexity index is 1410. The van der Waals surface area contributed by atoms with E-state index in [1.54, 1.807) is 23.5 Å². The van der Waals surface area contributed by atoms with Gasteiger partial charge in [0.2, 0.25) is 3.79 Å². The molecule has 0 unspecified atom stereocenters. The first-order valence-corrected chi connectivity index (χ1v) is 11.9. The van der Waals surface area contributed by atoms with Crippen LogP contribution in [-0.4, -0.2) is 62.1 Å². The molecule has 1 N–H and O–H groups in total. The Labute approximate surface area is 220 Å². The normalized spacial score (nSPS) is 17.4. The average Bonchev–Trinajstić information content (AvgIpc) is 3.24. The molecule has 1 aromatic heterocycles. The first-order chi connectivity index (χ1) is 17.1. The topological polar surface area (TPSA) is 105 Å². The molecule has 0 saturated heterocycles. The number of aromatic hydroxyl groups is 1. The average molecular weight is 550 g/mol. The van der Waals surface area contributed by atoms with E-state index in [9.17, 15) is 14.7 Å². The number of aromatic nitrogens is 2. The van der Waals surface area contributed by atoms with Crippen LogP contribution >= 0.6 is 34.8 Å². The third-order valence-electron chi connectivity index (χ3n) is 6.01. The molecule has 2 aliphatic heterocycles. The van der Waals surface area contributed by atoms with E-state index in [1.807, 2.05) is 18.2 Å². The van der Waals surface area contributed by atoms with Crippen LogP contribution in [0, 0.1) is 0 Å². The molecule has 186 valence electrons. The number of ether oxygens (including phenoxy) is 2. The molecule has 1 atom stereocenters. The molecular weight excluding hydrogens is 531 g/mol. The minimum absolute atomic E-state index is 0.0799. The lowest BCUT2D eigenvalue weighted by molar-refractivity contribution is 0.0793. The van der Waals surface area contributed by atoms with Crippen molar-refractivity contribution in [3.8, 4) is 11.5 Å². The summed E-state index contributed by atoms with van der Waals surface area (Å²) in [5.74, 6) is -0.508. The molecule has 0 fully saturated rings. The molecule has 3 heterocycles. The molecule has 2 aromatic carbocycles. The Morgan fingerprint density at radius 1 is 1.17 bits per heavy atom. The van der Waals surface area contributed by atoms with Crippen molar-refractivity contribution in [1.29, 1.82) is 0 Å². The standard InChI is InChI=1S/C24H19Cl3N4O5/c1-35-21-8-16-19(9-20(21)32)31(23(34)36-12-24(25,26)27)11-15-6-14(10-30(15)22(16)33)13-2-3-17-18(7-13)29-5-4-28-17/h2-5,7-10,15,32H,6,11-12H2,1H3/t15-/m0/s1. The van der Waals surface area contributed by atoms with E-state index in [4.69, 9.17) is 44.3 Å². The summed E-state index contributed by atoms with van der Waals surface area (Å²) in [6, 6.07) is 7.97. The molecule has 2 aliphatic rings. The van der Waals surface area contributed by atoms with Crippen molar-refractivity contribution < 1.29 is 24.2 Å². The van der Waals surface area contributed by atoms with Crippen molar-refractivity contribution in [3.05, 3.63) is 60.1 Å². The van der Waals surface area contributed by atoms with Crippen LogP contribution in [0.2, 0.25) is 0 Å². The molecular formula is C24H19Cl3N4O5. The number of fused-ring (bicyclic) bond motifs is 3. The van der Waals surface area contributed by atoms with Crippen LogP contribution in [-0.2, 0) is 4.74 Å². The maximum Gasteiger partial charge on any atom is 0.414 e. The number of methoxy groups -OCH3 is 1. The van der Waals surface area contributed by atoms with Gasteiger partial charge in [0.15, 0.2) is 11.5 Å². The van der Waals surface area contributed by atoms with E-state index in [0.29, 0.717) is 6.42 Å². The fourth-order valence-corrected chi connectivity index (χ4v) is 4.53. The second kappa shape index (κ2) is 9.31. The number of carbonyl (C=O) groups is 2. The summed E-state index contributed by atoms with van der Waals surface area (Å²) < 4.78 is 8.60. The Hall–Kier alpha value is -3.27. The first kappa shape index (κ1) is 24.4. The Balaban J connectivity index is 1.54. The number of amides is 2. The molecule has 0 aliphatic carbocycles. The highest BCUT2D eigenvalue weighted by Crippen LogP contribution is 2.41. The lowest BCUT2D eigenvalue weighted by Crippen LogP contribution is -2.42. The maximum atomic E-state index is 13.7. The van der Waals surface area contributed by atoms with Gasteiger partial charge in [-0.1, -0.05) is 40.9 Å². The van der Waals surface area contributed by atoms with E-state index in [-0.39, 0.29) is 35.2 Å². The largest absolute Gasteiger partial charge is 0.504 e. The highest BCUT2D eigenvalue weighted by molar-refractivity contribution is 6.67. The number of anilines is 1. The van der Waals surface area contributed by atoms with Gasteiger partial charge < -0.3 is 19.5 Å². The van der Waals surface area contributed by atoms with Gasteiger partial charge in [-0.2, -0.15) is 0 Å². The Morgan fingerprint density at radius 2 is 1.92 bits per heavy atom. The Kier molecular flexibility index (Phi) is 6.32. The van der Waals surface area contributed by atoms with Crippen molar-refractivity contribution in [2.24, 2.45) is 0 Å². The summed E-state index contributed by atoms with van der Waals surface area (Å²) in [7, 11) is 1.37. The molecule has 36 heavy (non-hydrogen) atoms. The van der Waals surface area contributed by atoms with E-state index < -0.39 is 22.5 Å². The van der Waals surface area contributed by atoms with E-state index in [0.717, 1.165) is 22.2 Å². The Morgan fingerprint density at radius 3 is 2.64 bits per heavy atom. The smallest absolute Gasteiger partial charge is 0.414 e. The number of carbonyl (C=O) groups excluding carboxylic acids is 2. The quantitative estimate of drug-likeness (QED) is 0.462. The summed E-state index contributed by atoms with van der Waals surface area (Å²) >= 11 is 17.3. The number of phenolic OH excluding ortho intramolecular Hbond substituents is 1. The van der Waals surface area contributed by atoms with Gasteiger partial charge in [-0.25, -0.2) is 4.79 Å². The van der Waals surface area contributed by atoms with Crippen molar-refractivity contribution in [3.63, 3.8) is 0 Å². The zero-order valence-electron chi connectivity index (χ0n) is 18.8. The van der Waals surface area contributed by atoms with Crippen LogP contribution < -0.4 is 9.64 Å². The number of hydrogen-bond donors (Lipinski definition) is 1. The van der Waals surface area contributed by atoms with Crippen molar-refractivity contribution in [2.45, 2.75) is 16.3 Å². The summed E-state index contributed by atoms with van der Waals surface area (Å²) in [4.78, 5) is 38.2. The van der Waals surface area contributed by atoms with Crippen LogP contribution in [0.1, 0.15) is 22.3 Å². The van der Waals surface area contributed by atoms with Gasteiger partial charge in [0, 0.05) is 24.7 Å². The summed E-state index contributed by atoms with van der Waals surface area (Å²) in [5, 5.41) is 10.4. The lowest BCUT2D eigenvalue weighted by Gasteiger charge is -2.26. The highest BCUT2D eigenvalue weighted by Gasteiger charge is 2.40. The van der Waals surface area contributed by atoms with Crippen molar-refractivity contribution >= 4 is 69.1 Å². The molecule has 5 rings (SSSR count). The molecule has 0 bridgehead atoms.